The molecule has 6 rings (SSSR count). The minimum absolute atomic E-state index is 0. The Hall–Kier alpha value is -6.40. The van der Waals surface area contributed by atoms with Crippen LogP contribution in [0.2, 0.25) is 0 Å². The van der Waals surface area contributed by atoms with Crippen molar-refractivity contribution in [3.63, 3.8) is 0 Å². The van der Waals surface area contributed by atoms with Crippen LogP contribution in [-0.4, -0.2) is 65.7 Å². The zero-order valence-electron chi connectivity index (χ0n) is 33.7. The Balaban J connectivity index is 0.000000272. The maximum atomic E-state index is 12.4. The molecule has 20 nitrogen and oxygen atoms in total. The van der Waals surface area contributed by atoms with Gasteiger partial charge < -0.3 is 30.6 Å². The molecule has 6 aromatic rings. The molecule has 2 aromatic heterocycles. The molecular weight excluding hydrogens is 950 g/mol. The van der Waals surface area contributed by atoms with Gasteiger partial charge in [-0.1, -0.05) is 47.5 Å². The van der Waals surface area contributed by atoms with E-state index >= 15 is 0 Å². The van der Waals surface area contributed by atoms with Crippen LogP contribution in [0.1, 0.15) is 22.5 Å². The number of anilines is 2. The molecule has 0 bridgehead atoms. The molecule has 0 aliphatic rings. The molecule has 63 heavy (non-hydrogen) atoms. The van der Waals surface area contributed by atoms with E-state index in [-0.39, 0.29) is 62.3 Å². The summed E-state index contributed by atoms with van der Waals surface area (Å²) in [6.45, 7) is 6.97. The largest absolute Gasteiger partial charge is 2.00 e. The first-order chi connectivity index (χ1) is 29.1. The van der Waals surface area contributed by atoms with E-state index in [0.717, 1.165) is 11.1 Å². The average Bonchev–Trinajstić information content (AvgIpc) is 3.18. The first-order valence-corrected chi connectivity index (χ1v) is 23.5. The summed E-state index contributed by atoms with van der Waals surface area (Å²) in [6, 6.07) is 23.3. The second-order valence-electron chi connectivity index (χ2n) is 12.9. The van der Waals surface area contributed by atoms with Gasteiger partial charge in [0, 0.05) is 23.3 Å². The molecule has 4 amide bonds. The maximum absolute atomic E-state index is 12.4. The van der Waals surface area contributed by atoms with E-state index in [1.807, 2.05) is 23.3 Å². The van der Waals surface area contributed by atoms with Crippen molar-refractivity contribution in [3.8, 4) is 0 Å². The van der Waals surface area contributed by atoms with E-state index in [9.17, 15) is 43.3 Å². The van der Waals surface area contributed by atoms with Gasteiger partial charge in [0.1, 0.15) is 0 Å². The van der Waals surface area contributed by atoms with Crippen LogP contribution in [0.4, 0.5) is 32.9 Å². The number of carbonyl (C=O) groups is 2. The number of hydrogen-bond donors (Lipinski definition) is 4. The number of nitrogens with zero attached hydrogens (tertiary/aromatic N) is 6. The number of rotatable bonds is 12. The molecule has 0 aliphatic carbocycles. The van der Waals surface area contributed by atoms with Crippen molar-refractivity contribution < 1.29 is 62.7 Å². The van der Waals surface area contributed by atoms with Gasteiger partial charge in [-0.2, -0.15) is 0 Å². The molecule has 0 aliphatic heterocycles. The summed E-state index contributed by atoms with van der Waals surface area (Å²) in [6.07, 6.45) is 2.79. The van der Waals surface area contributed by atoms with Crippen LogP contribution in [0.15, 0.2) is 141 Å². The Morgan fingerprint density at radius 3 is 1.05 bits per heavy atom. The molecule has 0 spiro atoms. The minimum atomic E-state index is -4.07. The van der Waals surface area contributed by atoms with Crippen molar-refractivity contribution in [3.05, 3.63) is 154 Å². The van der Waals surface area contributed by atoms with Crippen molar-refractivity contribution in [2.45, 2.75) is 47.3 Å². The van der Waals surface area contributed by atoms with Crippen LogP contribution in [-0.2, 0) is 59.6 Å². The second kappa shape index (κ2) is 20.6. The topological polar surface area (TPSA) is 299 Å². The quantitative estimate of drug-likeness (QED) is 0.102. The third-order valence-corrected chi connectivity index (χ3v) is 13.1. The van der Waals surface area contributed by atoms with Crippen LogP contribution in [0.25, 0.3) is 9.44 Å². The first kappa shape index (κ1) is 49.3. The van der Waals surface area contributed by atoms with E-state index < -0.39 is 52.2 Å². The predicted octanol–water partition coefficient (Wildman–Crippen LogP) is 5.99. The molecule has 0 saturated heterocycles. The van der Waals surface area contributed by atoms with Crippen molar-refractivity contribution in [1.82, 2.24) is 29.4 Å². The molecule has 0 fully saturated rings. The summed E-state index contributed by atoms with van der Waals surface area (Å²) in [5.74, 6) is -0.384. The van der Waals surface area contributed by atoms with Gasteiger partial charge in [0.2, 0.25) is 20.0 Å². The van der Waals surface area contributed by atoms with Gasteiger partial charge in [-0.25, -0.2) is 52.7 Å². The molecule has 0 radical (unpaired) electrons. The molecule has 0 unspecified atom stereocenters. The fourth-order valence-corrected chi connectivity index (χ4v) is 8.40. The summed E-state index contributed by atoms with van der Waals surface area (Å²) in [7, 11) is -16.2. The number of benzene rings is 4. The SMILES string of the molecule is Cc1ccc(S(=O)(=O)NC(=O)Nc2ccc(S(=O)(=O)[N-]c3nccc(C)n3)cc2)cc1.Cc1ccc(S(=O)(=O)NC(=O)Nc2ccc(S(=O)(=O)[N-]c3nccc(C)n3)cc2)cc1.[Zn+2]. The van der Waals surface area contributed by atoms with Gasteiger partial charge in [-0.05, 0) is 124 Å². The van der Waals surface area contributed by atoms with Gasteiger partial charge in [-0.15, -0.1) is 0 Å². The van der Waals surface area contributed by atoms with E-state index in [0.29, 0.717) is 11.4 Å². The first-order valence-electron chi connectivity index (χ1n) is 17.7. The average molecular weight is 986 g/mol. The molecule has 2 heterocycles. The van der Waals surface area contributed by atoms with Crippen LogP contribution >= 0.6 is 0 Å². The summed E-state index contributed by atoms with van der Waals surface area (Å²) in [5, 5.41) is 4.67. The van der Waals surface area contributed by atoms with E-state index in [2.05, 4.69) is 40.0 Å². The third-order valence-electron chi connectivity index (χ3n) is 7.90. The monoisotopic (exact) mass is 984 g/mol. The Kier molecular flexibility index (Phi) is 16.1. The zero-order chi connectivity index (χ0) is 45.3. The standard InChI is InChI=1S/2C19H19N5O5S2.Zn/c2*1-13-3-7-16(8-4-13)31(28,29)24-19(25)22-15-5-9-17(10-6-15)30(26,27)23-18-20-12-11-14(2)21-18;/h2*3-12H,1-2H3,(H3,20,21,22,23,24,25);/q;;+2/p-2. The number of aromatic nitrogens is 4. The Labute approximate surface area is 376 Å². The number of urea groups is 2. The molecule has 0 atom stereocenters. The smallest absolute Gasteiger partial charge is 0.366 e. The fraction of sp³-hybridized carbons (Fsp3) is 0.105. The number of carbonyl (C=O) groups excluding carboxylic acids is 2. The number of sulfonamides is 4. The number of amides is 4. The molecule has 4 N–H and O–H groups in total. The van der Waals surface area contributed by atoms with Crippen LogP contribution < -0.4 is 20.1 Å². The van der Waals surface area contributed by atoms with Crippen LogP contribution in [0, 0.1) is 27.7 Å². The zero-order valence-corrected chi connectivity index (χ0v) is 39.9. The molecule has 4 aromatic carbocycles. The Bertz CT molecular complexity index is 2830. The summed E-state index contributed by atoms with van der Waals surface area (Å²) in [5.41, 5.74) is 3.24. The van der Waals surface area contributed by atoms with Gasteiger partial charge in [-0.3, -0.25) is 9.44 Å². The van der Waals surface area contributed by atoms with Gasteiger partial charge in [0.05, 0.1) is 19.6 Å². The van der Waals surface area contributed by atoms with Gasteiger partial charge in [0.25, 0.3) is 20.0 Å². The minimum Gasteiger partial charge on any atom is -0.366 e. The third kappa shape index (κ3) is 14.3. The number of aryl methyl sites for hydroxylation is 4. The van der Waals surface area contributed by atoms with Crippen LogP contribution in [0.3, 0.4) is 0 Å². The van der Waals surface area contributed by atoms with Crippen molar-refractivity contribution in [2.24, 2.45) is 0 Å². The fourth-order valence-electron chi connectivity index (χ4n) is 4.81. The van der Waals surface area contributed by atoms with Crippen LogP contribution in [0.5, 0.6) is 0 Å². The normalized spacial score (nSPS) is 11.4. The molecular formula is C38H36N10O10S4Zn. The van der Waals surface area contributed by atoms with Gasteiger partial charge >= 0.3 is 31.5 Å². The Morgan fingerprint density at radius 2 is 0.746 bits per heavy atom. The second-order valence-corrected chi connectivity index (χ2v) is 19.5. The van der Waals surface area contributed by atoms with Crippen molar-refractivity contribution in [2.75, 3.05) is 10.6 Å². The molecule has 0 saturated carbocycles. The number of hydrogen-bond acceptors (Lipinski definition) is 14. The maximum Gasteiger partial charge on any atom is 2.00 e. The van der Waals surface area contributed by atoms with E-state index in [1.54, 1.807) is 50.2 Å². The molecule has 324 valence electrons. The van der Waals surface area contributed by atoms with E-state index in [4.69, 9.17) is 0 Å². The predicted molar refractivity (Wildman–Crippen MR) is 228 cm³/mol. The molecule has 25 heteroatoms. The number of nitrogens with one attached hydrogen (secondary N) is 4. The van der Waals surface area contributed by atoms with Crippen molar-refractivity contribution in [1.29, 1.82) is 0 Å². The Morgan fingerprint density at radius 1 is 0.444 bits per heavy atom. The summed E-state index contributed by atoms with van der Waals surface area (Å²) >= 11 is 0. The summed E-state index contributed by atoms with van der Waals surface area (Å²) < 4.78 is 109. The van der Waals surface area contributed by atoms with E-state index in [1.165, 1.54) is 85.2 Å². The van der Waals surface area contributed by atoms with Gasteiger partial charge in [0.15, 0.2) is 0 Å². The van der Waals surface area contributed by atoms with Crippen molar-refractivity contribution >= 4 is 75.4 Å². The summed E-state index contributed by atoms with van der Waals surface area (Å²) in [4.78, 5) is 39.2.